The maximum Gasteiger partial charge on any atom is 0.0367 e. The molecule has 0 amide bonds. The summed E-state index contributed by atoms with van der Waals surface area (Å²) in [7, 11) is 0. The van der Waals surface area contributed by atoms with Gasteiger partial charge in [-0.3, -0.25) is 0 Å². The molecule has 0 aliphatic heterocycles. The summed E-state index contributed by atoms with van der Waals surface area (Å²) in [6.07, 6.45) is 4.78. The fraction of sp³-hybridized carbons (Fsp3) is 0.600. The number of unbranched alkanes of at least 4 members (excludes halogenated alkanes) is 1. The monoisotopic (exact) mass is 234 g/mol. The zero-order valence-corrected chi connectivity index (χ0v) is 11.6. The molecule has 0 fully saturated rings. The van der Waals surface area contributed by atoms with Crippen molar-refractivity contribution in [2.24, 2.45) is 5.41 Å². The summed E-state index contributed by atoms with van der Waals surface area (Å²) < 4.78 is 0. The first-order valence-electron chi connectivity index (χ1n) is 6.44. The van der Waals surface area contributed by atoms with E-state index in [9.17, 15) is 0 Å². The first kappa shape index (κ1) is 13.9. The van der Waals surface area contributed by atoms with Crippen LogP contribution in [0, 0.1) is 12.3 Å². The van der Waals surface area contributed by atoms with Crippen molar-refractivity contribution in [2.75, 3.05) is 11.5 Å². The van der Waals surface area contributed by atoms with E-state index in [4.69, 9.17) is 11.5 Å². The molecule has 0 bridgehead atoms. The van der Waals surface area contributed by atoms with Gasteiger partial charge in [0, 0.05) is 11.4 Å². The van der Waals surface area contributed by atoms with E-state index in [1.807, 2.05) is 13.0 Å². The molecule has 17 heavy (non-hydrogen) atoms. The lowest BCUT2D eigenvalue weighted by atomic mass is 9.89. The highest BCUT2D eigenvalue weighted by Gasteiger charge is 2.09. The lowest BCUT2D eigenvalue weighted by molar-refractivity contribution is 0.360. The Labute approximate surface area is 105 Å². The van der Waals surface area contributed by atoms with Crippen molar-refractivity contribution >= 4 is 11.4 Å². The zero-order chi connectivity index (χ0) is 13.1. The second-order valence-corrected chi connectivity index (χ2v) is 6.18. The molecule has 1 aromatic rings. The fourth-order valence-electron chi connectivity index (χ4n) is 1.99. The average Bonchev–Trinajstić information content (AvgIpc) is 2.18. The summed E-state index contributed by atoms with van der Waals surface area (Å²) >= 11 is 0. The number of anilines is 2. The normalized spacial score (nSPS) is 11.8. The third-order valence-corrected chi connectivity index (χ3v) is 3.15. The Bertz CT molecular complexity index is 375. The zero-order valence-electron chi connectivity index (χ0n) is 11.6. The molecule has 0 saturated carbocycles. The minimum absolute atomic E-state index is 0.433. The van der Waals surface area contributed by atoms with E-state index in [1.54, 1.807) is 0 Å². The van der Waals surface area contributed by atoms with Crippen LogP contribution < -0.4 is 11.5 Å². The van der Waals surface area contributed by atoms with E-state index >= 15 is 0 Å². The number of aryl methyl sites for hydroxylation is 2. The van der Waals surface area contributed by atoms with Crippen molar-refractivity contribution in [3.05, 3.63) is 23.3 Å². The van der Waals surface area contributed by atoms with Crippen LogP contribution in [0.25, 0.3) is 0 Å². The van der Waals surface area contributed by atoms with Crippen molar-refractivity contribution in [1.82, 2.24) is 0 Å². The Kier molecular flexibility index (Phi) is 4.44. The molecule has 2 heteroatoms. The molecular formula is C15H26N2. The Morgan fingerprint density at radius 2 is 1.65 bits per heavy atom. The van der Waals surface area contributed by atoms with E-state index in [0.29, 0.717) is 5.41 Å². The smallest absolute Gasteiger partial charge is 0.0367 e. The molecule has 0 radical (unpaired) electrons. The van der Waals surface area contributed by atoms with Crippen LogP contribution in [-0.4, -0.2) is 0 Å². The molecule has 0 heterocycles. The highest BCUT2D eigenvalue weighted by molar-refractivity contribution is 5.60. The van der Waals surface area contributed by atoms with Gasteiger partial charge in [-0.25, -0.2) is 0 Å². The molecular weight excluding hydrogens is 208 g/mol. The lowest BCUT2D eigenvalue weighted by Crippen LogP contribution is -2.05. The van der Waals surface area contributed by atoms with Gasteiger partial charge in [-0.05, 0) is 48.8 Å². The Balaban J connectivity index is 2.50. The second-order valence-electron chi connectivity index (χ2n) is 6.18. The molecule has 2 nitrogen and oxygen atoms in total. The summed E-state index contributed by atoms with van der Waals surface area (Å²) in [6.45, 7) is 8.89. The molecule has 0 atom stereocenters. The minimum Gasteiger partial charge on any atom is -0.398 e. The van der Waals surface area contributed by atoms with E-state index in [-0.39, 0.29) is 0 Å². The molecule has 0 saturated heterocycles. The van der Waals surface area contributed by atoms with Crippen LogP contribution in [0.3, 0.4) is 0 Å². The van der Waals surface area contributed by atoms with E-state index in [1.165, 1.54) is 24.8 Å². The topological polar surface area (TPSA) is 52.0 Å². The Morgan fingerprint density at radius 1 is 1.00 bits per heavy atom. The van der Waals surface area contributed by atoms with Crippen molar-refractivity contribution in [3.63, 3.8) is 0 Å². The molecule has 0 aliphatic carbocycles. The second kappa shape index (κ2) is 5.44. The summed E-state index contributed by atoms with van der Waals surface area (Å²) in [6, 6.07) is 4.01. The van der Waals surface area contributed by atoms with Gasteiger partial charge in [0.1, 0.15) is 0 Å². The van der Waals surface area contributed by atoms with Crippen molar-refractivity contribution in [2.45, 2.75) is 53.4 Å². The maximum atomic E-state index is 5.98. The van der Waals surface area contributed by atoms with Crippen LogP contribution in [0.1, 0.15) is 51.2 Å². The van der Waals surface area contributed by atoms with E-state index in [0.717, 1.165) is 23.4 Å². The van der Waals surface area contributed by atoms with Gasteiger partial charge in [0.05, 0.1) is 0 Å². The van der Waals surface area contributed by atoms with Crippen LogP contribution in [0.4, 0.5) is 11.4 Å². The number of hydrogen-bond acceptors (Lipinski definition) is 2. The third-order valence-electron chi connectivity index (χ3n) is 3.15. The third kappa shape index (κ3) is 4.68. The number of rotatable bonds is 4. The van der Waals surface area contributed by atoms with Crippen molar-refractivity contribution in [1.29, 1.82) is 0 Å². The maximum absolute atomic E-state index is 5.98. The molecule has 96 valence electrons. The molecule has 0 unspecified atom stereocenters. The quantitative estimate of drug-likeness (QED) is 0.613. The van der Waals surface area contributed by atoms with Crippen LogP contribution >= 0.6 is 0 Å². The minimum atomic E-state index is 0.433. The molecule has 0 aromatic heterocycles. The van der Waals surface area contributed by atoms with Crippen LogP contribution in [0.2, 0.25) is 0 Å². The van der Waals surface area contributed by atoms with E-state index in [2.05, 4.69) is 26.8 Å². The standard InChI is InChI=1S/C15H26N2/c1-11-9-12(14(17)10-13(11)16)7-5-6-8-15(2,3)4/h9-10H,5-8,16-17H2,1-4H3. The van der Waals surface area contributed by atoms with Crippen molar-refractivity contribution < 1.29 is 0 Å². The van der Waals surface area contributed by atoms with Crippen molar-refractivity contribution in [3.8, 4) is 0 Å². The predicted molar refractivity (Wildman–Crippen MR) is 77.0 cm³/mol. The number of nitrogens with two attached hydrogens (primary N) is 2. The highest BCUT2D eigenvalue weighted by atomic mass is 14.6. The summed E-state index contributed by atoms with van der Waals surface area (Å²) in [5.41, 5.74) is 16.2. The summed E-state index contributed by atoms with van der Waals surface area (Å²) in [4.78, 5) is 0. The molecule has 4 N–H and O–H groups in total. The Morgan fingerprint density at radius 3 is 2.24 bits per heavy atom. The van der Waals surface area contributed by atoms with E-state index < -0.39 is 0 Å². The van der Waals surface area contributed by atoms with Gasteiger partial charge in [-0.15, -0.1) is 0 Å². The average molecular weight is 234 g/mol. The Hall–Kier alpha value is -1.18. The van der Waals surface area contributed by atoms with Gasteiger partial charge in [-0.2, -0.15) is 0 Å². The number of nitrogen functional groups attached to an aromatic ring is 2. The highest BCUT2D eigenvalue weighted by Crippen LogP contribution is 2.25. The van der Waals surface area contributed by atoms with Gasteiger partial charge in [-0.1, -0.05) is 33.3 Å². The number of hydrogen-bond donors (Lipinski definition) is 2. The number of benzene rings is 1. The van der Waals surface area contributed by atoms with Gasteiger partial charge >= 0.3 is 0 Å². The lowest BCUT2D eigenvalue weighted by Gasteiger charge is -2.17. The van der Waals surface area contributed by atoms with Gasteiger partial charge in [0.15, 0.2) is 0 Å². The first-order chi connectivity index (χ1) is 7.79. The molecule has 0 spiro atoms. The fourth-order valence-corrected chi connectivity index (χ4v) is 1.99. The van der Waals surface area contributed by atoms with Gasteiger partial charge in [0.25, 0.3) is 0 Å². The largest absolute Gasteiger partial charge is 0.398 e. The SMILES string of the molecule is Cc1cc(CCCCC(C)(C)C)c(N)cc1N. The first-order valence-corrected chi connectivity index (χ1v) is 6.44. The van der Waals surface area contributed by atoms with Crippen LogP contribution in [-0.2, 0) is 6.42 Å². The summed E-state index contributed by atoms with van der Waals surface area (Å²) in [5, 5.41) is 0. The van der Waals surface area contributed by atoms with Gasteiger partial charge < -0.3 is 11.5 Å². The van der Waals surface area contributed by atoms with Crippen LogP contribution in [0.5, 0.6) is 0 Å². The molecule has 1 rings (SSSR count). The van der Waals surface area contributed by atoms with Gasteiger partial charge in [0.2, 0.25) is 0 Å². The molecule has 0 aliphatic rings. The molecule has 1 aromatic carbocycles. The summed E-state index contributed by atoms with van der Waals surface area (Å²) in [5.74, 6) is 0. The van der Waals surface area contributed by atoms with Crippen LogP contribution in [0.15, 0.2) is 12.1 Å². The predicted octanol–water partition coefficient (Wildman–Crippen LogP) is 3.92.